The van der Waals surface area contributed by atoms with E-state index in [2.05, 4.69) is 106 Å². The Morgan fingerprint density at radius 2 is 0.494 bits per heavy atom. The van der Waals surface area contributed by atoms with Crippen molar-refractivity contribution in [3.8, 4) is 0 Å². The monoisotopic (exact) mass is 1100 g/mol. The van der Waals surface area contributed by atoms with Crippen LogP contribution in [0.5, 0.6) is 0 Å². The van der Waals surface area contributed by atoms with E-state index in [0.29, 0.717) is 19.3 Å². The standard InChI is InChI=1S/C73H128O6/c1-4-7-10-13-16-18-20-22-24-26-28-30-32-34-35-36-37-39-40-42-44-46-48-50-52-54-57-60-63-66-72(75)78-69-70(68-77-71(74)65-62-59-56-15-12-9-6-3)79-73(76)67-64-61-58-55-53-51-49-47-45-43-41-38-33-31-29-27-25-23-21-19-17-14-11-8-5-2/h8,11,17,19,23,25-26,28-29,31,38,41,45,47,70H,4-7,9-10,12-16,18,20-22,24,27,30,32-37,39-40,42-44,46,48-69H2,1-3H3/b11-8-,19-17-,25-23-,28-26-,31-29-,41-38-,47-45-. The van der Waals surface area contributed by atoms with Gasteiger partial charge in [0, 0.05) is 19.3 Å². The number of ether oxygens (including phenoxy) is 3. The topological polar surface area (TPSA) is 78.9 Å². The first-order valence-corrected chi connectivity index (χ1v) is 34.1. The number of allylic oxidation sites excluding steroid dienone is 14. The summed E-state index contributed by atoms with van der Waals surface area (Å²) in [6.45, 7) is 6.51. The highest BCUT2D eigenvalue weighted by Crippen LogP contribution is 2.17. The summed E-state index contributed by atoms with van der Waals surface area (Å²) < 4.78 is 16.9. The highest BCUT2D eigenvalue weighted by molar-refractivity contribution is 5.71. The van der Waals surface area contributed by atoms with Gasteiger partial charge in [0.25, 0.3) is 0 Å². The number of unbranched alkanes of at least 4 members (excludes halogenated alkanes) is 37. The van der Waals surface area contributed by atoms with Gasteiger partial charge in [-0.2, -0.15) is 0 Å². The summed E-state index contributed by atoms with van der Waals surface area (Å²) in [4.78, 5) is 38.1. The summed E-state index contributed by atoms with van der Waals surface area (Å²) in [6.07, 6.45) is 89.2. The predicted molar refractivity (Wildman–Crippen MR) is 344 cm³/mol. The van der Waals surface area contributed by atoms with Gasteiger partial charge in [0.15, 0.2) is 6.10 Å². The zero-order chi connectivity index (χ0) is 57.1. The Morgan fingerprint density at radius 1 is 0.266 bits per heavy atom. The zero-order valence-corrected chi connectivity index (χ0v) is 52.4. The maximum absolute atomic E-state index is 12.9. The Kier molecular flexibility index (Phi) is 64.2. The van der Waals surface area contributed by atoms with Crippen molar-refractivity contribution in [1.29, 1.82) is 0 Å². The van der Waals surface area contributed by atoms with Crippen LogP contribution in [0.15, 0.2) is 85.1 Å². The minimum absolute atomic E-state index is 0.0796. The molecule has 1 atom stereocenters. The molecule has 0 aliphatic heterocycles. The van der Waals surface area contributed by atoms with Crippen molar-refractivity contribution >= 4 is 17.9 Å². The van der Waals surface area contributed by atoms with Crippen molar-refractivity contribution in [2.75, 3.05) is 13.2 Å². The molecule has 0 radical (unpaired) electrons. The Labute approximate surface area is 490 Å². The van der Waals surface area contributed by atoms with Crippen LogP contribution in [0.4, 0.5) is 0 Å². The third kappa shape index (κ3) is 65.3. The second-order valence-electron chi connectivity index (χ2n) is 22.7. The third-order valence-electron chi connectivity index (χ3n) is 14.9. The van der Waals surface area contributed by atoms with Gasteiger partial charge >= 0.3 is 17.9 Å². The van der Waals surface area contributed by atoms with Crippen LogP contribution in [-0.4, -0.2) is 37.2 Å². The fourth-order valence-corrected chi connectivity index (χ4v) is 9.80. The molecule has 0 aromatic carbocycles. The molecule has 0 heterocycles. The maximum Gasteiger partial charge on any atom is 0.306 e. The van der Waals surface area contributed by atoms with E-state index in [1.165, 1.54) is 193 Å². The lowest BCUT2D eigenvalue weighted by Gasteiger charge is -2.18. The SMILES string of the molecule is CC/C=C\C/C=C\C/C=C\C/C=C\C/C=C\C/C=C\CCCCCCCCC(=O)OC(COC(=O)CCCCCCCCC)COC(=O)CCCCCCCCCCCCCCCCCCC/C=C\CCCCCCCCCC. The molecule has 0 aromatic rings. The van der Waals surface area contributed by atoms with Crippen molar-refractivity contribution in [3.05, 3.63) is 85.1 Å². The maximum atomic E-state index is 12.9. The fourth-order valence-electron chi connectivity index (χ4n) is 9.80. The molecular formula is C73H128O6. The number of carbonyl (C=O) groups excluding carboxylic acids is 3. The van der Waals surface area contributed by atoms with Crippen LogP contribution in [-0.2, 0) is 28.6 Å². The molecule has 6 heteroatoms. The summed E-state index contributed by atoms with van der Waals surface area (Å²) in [5.41, 5.74) is 0. The number of carbonyl (C=O) groups is 3. The van der Waals surface area contributed by atoms with Crippen molar-refractivity contribution in [3.63, 3.8) is 0 Å². The lowest BCUT2D eigenvalue weighted by Crippen LogP contribution is -2.30. The van der Waals surface area contributed by atoms with E-state index < -0.39 is 6.10 Å². The van der Waals surface area contributed by atoms with E-state index in [-0.39, 0.29) is 31.1 Å². The summed E-state index contributed by atoms with van der Waals surface area (Å²) in [5.74, 6) is -0.888. The molecule has 0 spiro atoms. The number of esters is 3. The van der Waals surface area contributed by atoms with Crippen LogP contribution in [0, 0.1) is 0 Å². The highest BCUT2D eigenvalue weighted by Gasteiger charge is 2.19. The first-order valence-electron chi connectivity index (χ1n) is 34.1. The number of hydrogen-bond acceptors (Lipinski definition) is 6. The summed E-state index contributed by atoms with van der Waals surface area (Å²) in [7, 11) is 0. The average molecular weight is 1100 g/mol. The zero-order valence-electron chi connectivity index (χ0n) is 52.4. The minimum atomic E-state index is -0.782. The van der Waals surface area contributed by atoms with Crippen molar-refractivity contribution in [1.82, 2.24) is 0 Å². The van der Waals surface area contributed by atoms with Gasteiger partial charge in [0.05, 0.1) is 0 Å². The minimum Gasteiger partial charge on any atom is -0.462 e. The van der Waals surface area contributed by atoms with Gasteiger partial charge in [-0.05, 0) is 96.3 Å². The molecule has 456 valence electrons. The van der Waals surface area contributed by atoms with E-state index in [4.69, 9.17) is 14.2 Å². The lowest BCUT2D eigenvalue weighted by atomic mass is 10.0. The largest absolute Gasteiger partial charge is 0.462 e. The lowest BCUT2D eigenvalue weighted by molar-refractivity contribution is -0.167. The predicted octanol–water partition coefficient (Wildman–Crippen LogP) is 23.4. The molecule has 0 amide bonds. The van der Waals surface area contributed by atoms with Gasteiger partial charge in [-0.3, -0.25) is 14.4 Å². The first kappa shape index (κ1) is 75.6. The quantitative estimate of drug-likeness (QED) is 0.0261. The smallest absolute Gasteiger partial charge is 0.306 e. The van der Waals surface area contributed by atoms with Gasteiger partial charge in [0.1, 0.15) is 13.2 Å². The molecule has 0 saturated heterocycles. The summed E-state index contributed by atoms with van der Waals surface area (Å²) in [5, 5.41) is 0. The molecule has 0 N–H and O–H groups in total. The van der Waals surface area contributed by atoms with E-state index in [9.17, 15) is 14.4 Å². The molecule has 0 bridgehead atoms. The first-order chi connectivity index (χ1) is 39.0. The van der Waals surface area contributed by atoms with Crippen molar-refractivity contribution in [2.24, 2.45) is 0 Å². The van der Waals surface area contributed by atoms with Crippen LogP contribution in [0.25, 0.3) is 0 Å². The third-order valence-corrected chi connectivity index (χ3v) is 14.9. The van der Waals surface area contributed by atoms with E-state index in [1.807, 2.05) is 0 Å². The van der Waals surface area contributed by atoms with Crippen LogP contribution in [0.3, 0.4) is 0 Å². The van der Waals surface area contributed by atoms with E-state index in [0.717, 1.165) is 109 Å². The van der Waals surface area contributed by atoms with Gasteiger partial charge in [0.2, 0.25) is 0 Å². The second-order valence-corrected chi connectivity index (χ2v) is 22.7. The van der Waals surface area contributed by atoms with Crippen LogP contribution in [0.1, 0.15) is 342 Å². The number of rotatable bonds is 62. The molecule has 79 heavy (non-hydrogen) atoms. The van der Waals surface area contributed by atoms with Crippen molar-refractivity contribution < 1.29 is 28.6 Å². The number of hydrogen-bond donors (Lipinski definition) is 0. The molecule has 0 rings (SSSR count). The Hall–Kier alpha value is -3.41. The van der Waals surface area contributed by atoms with Crippen molar-refractivity contribution in [2.45, 2.75) is 348 Å². The summed E-state index contributed by atoms with van der Waals surface area (Å²) in [6, 6.07) is 0. The Bertz CT molecular complexity index is 1500. The van der Waals surface area contributed by atoms with Crippen LogP contribution < -0.4 is 0 Å². The van der Waals surface area contributed by atoms with Gasteiger partial charge in [-0.1, -0.05) is 311 Å². The Balaban J connectivity index is 4.10. The van der Waals surface area contributed by atoms with Gasteiger partial charge in [-0.25, -0.2) is 0 Å². The molecule has 1 unspecified atom stereocenters. The molecule has 0 fully saturated rings. The highest BCUT2D eigenvalue weighted by atomic mass is 16.6. The van der Waals surface area contributed by atoms with Crippen LogP contribution >= 0.6 is 0 Å². The van der Waals surface area contributed by atoms with E-state index >= 15 is 0 Å². The molecule has 6 nitrogen and oxygen atoms in total. The molecule has 0 aliphatic carbocycles. The molecule has 0 saturated carbocycles. The van der Waals surface area contributed by atoms with Crippen LogP contribution in [0.2, 0.25) is 0 Å². The fraction of sp³-hybridized carbons (Fsp3) is 0.767. The molecule has 0 aromatic heterocycles. The second kappa shape index (κ2) is 67.1. The van der Waals surface area contributed by atoms with Gasteiger partial charge < -0.3 is 14.2 Å². The molecule has 0 aliphatic rings. The van der Waals surface area contributed by atoms with E-state index in [1.54, 1.807) is 0 Å². The summed E-state index contributed by atoms with van der Waals surface area (Å²) >= 11 is 0. The Morgan fingerprint density at radius 3 is 0.785 bits per heavy atom. The molecular weight excluding hydrogens is 973 g/mol. The van der Waals surface area contributed by atoms with Gasteiger partial charge in [-0.15, -0.1) is 0 Å². The normalized spacial score (nSPS) is 12.6. The average Bonchev–Trinajstić information content (AvgIpc) is 3.45.